The number of methoxy groups -OCH3 is 3. The van der Waals surface area contributed by atoms with Crippen LogP contribution in [0.1, 0.15) is 5.56 Å². The number of nitrogens with zero attached hydrogens (tertiary/aromatic N) is 2. The molecule has 184 valence electrons. The second kappa shape index (κ2) is 9.69. The van der Waals surface area contributed by atoms with Gasteiger partial charge >= 0.3 is 6.09 Å². The van der Waals surface area contributed by atoms with E-state index >= 15 is 0 Å². The Labute approximate surface area is 203 Å². The Hall–Kier alpha value is -3.40. The highest BCUT2D eigenvalue weighted by molar-refractivity contribution is 6.08. The fourth-order valence-corrected chi connectivity index (χ4v) is 4.98. The molecule has 0 bridgehead atoms. The summed E-state index contributed by atoms with van der Waals surface area (Å²) in [5.41, 5.74) is 1.69. The van der Waals surface area contributed by atoms with E-state index in [2.05, 4.69) is 0 Å². The van der Waals surface area contributed by atoms with Crippen molar-refractivity contribution in [2.75, 3.05) is 32.8 Å². The summed E-state index contributed by atoms with van der Waals surface area (Å²) in [6.45, 7) is 0.283. The maximum absolute atomic E-state index is 13.5. The van der Waals surface area contributed by atoms with Crippen molar-refractivity contribution in [3.8, 4) is 5.75 Å². The van der Waals surface area contributed by atoms with E-state index in [0.717, 1.165) is 5.56 Å². The predicted molar refractivity (Wildman–Crippen MR) is 127 cm³/mol. The highest BCUT2D eigenvalue weighted by Gasteiger charge is 2.63. The number of amides is 2. The van der Waals surface area contributed by atoms with E-state index in [4.69, 9.17) is 23.7 Å². The summed E-state index contributed by atoms with van der Waals surface area (Å²) in [6.07, 6.45) is 0.995. The largest absolute Gasteiger partial charge is 0.497 e. The van der Waals surface area contributed by atoms with Crippen molar-refractivity contribution >= 4 is 23.8 Å². The van der Waals surface area contributed by atoms with Crippen LogP contribution in [-0.2, 0) is 23.7 Å². The average Bonchev–Trinajstić information content (AvgIpc) is 3.37. The zero-order valence-electron chi connectivity index (χ0n) is 19.8. The van der Waals surface area contributed by atoms with Crippen LogP contribution in [0.3, 0.4) is 0 Å². The quantitative estimate of drug-likeness (QED) is 0.537. The van der Waals surface area contributed by atoms with Crippen LogP contribution in [0.25, 0.3) is 6.08 Å². The normalized spacial score (nSPS) is 29.9. The highest BCUT2D eigenvalue weighted by Crippen LogP contribution is 2.41. The first kappa shape index (κ1) is 23.3. The van der Waals surface area contributed by atoms with Crippen LogP contribution in [0.5, 0.6) is 5.75 Å². The molecule has 0 unspecified atom stereocenters. The number of benzene rings is 2. The van der Waals surface area contributed by atoms with Gasteiger partial charge in [0.15, 0.2) is 12.3 Å². The minimum atomic E-state index is -0.779. The van der Waals surface area contributed by atoms with Gasteiger partial charge in [-0.2, -0.15) is 0 Å². The summed E-state index contributed by atoms with van der Waals surface area (Å²) in [5, 5.41) is 0. The molecule has 3 aliphatic heterocycles. The van der Waals surface area contributed by atoms with E-state index in [1.165, 1.54) is 4.90 Å². The molecule has 9 nitrogen and oxygen atoms in total. The van der Waals surface area contributed by atoms with E-state index in [1.807, 2.05) is 54.6 Å². The molecule has 2 amide bonds. The Kier molecular flexibility index (Phi) is 6.46. The Balaban J connectivity index is 1.46. The molecule has 3 heterocycles. The van der Waals surface area contributed by atoms with Crippen LogP contribution in [0, 0.1) is 0 Å². The molecule has 6 atom stereocenters. The minimum Gasteiger partial charge on any atom is -0.497 e. The van der Waals surface area contributed by atoms with Gasteiger partial charge in [-0.15, -0.1) is 0 Å². The van der Waals surface area contributed by atoms with Crippen molar-refractivity contribution in [1.82, 2.24) is 4.90 Å². The summed E-state index contributed by atoms with van der Waals surface area (Å²) in [7, 11) is 4.70. The second-order valence-electron chi connectivity index (χ2n) is 8.59. The summed E-state index contributed by atoms with van der Waals surface area (Å²) in [4.78, 5) is 29.6. The number of hydrogen-bond acceptors (Lipinski definition) is 7. The molecule has 3 saturated heterocycles. The van der Waals surface area contributed by atoms with Crippen LogP contribution >= 0.6 is 0 Å². The monoisotopic (exact) mass is 480 g/mol. The molecule has 0 N–H and O–H groups in total. The number of carbonyl (C=O) groups is 2. The second-order valence-corrected chi connectivity index (χ2v) is 8.59. The number of fused-ring (bicyclic) bond motifs is 1. The van der Waals surface area contributed by atoms with Gasteiger partial charge in [-0.3, -0.25) is 9.69 Å². The van der Waals surface area contributed by atoms with Crippen LogP contribution in [-0.4, -0.2) is 81.5 Å². The number of ether oxygens (including phenoxy) is 5. The number of hydrogen-bond donors (Lipinski definition) is 0. The van der Waals surface area contributed by atoms with Crippen molar-refractivity contribution in [2.45, 2.75) is 36.6 Å². The van der Waals surface area contributed by atoms with Gasteiger partial charge in [0.05, 0.1) is 19.8 Å². The SMILES string of the molecule is COC[C@H]1O[C@H]2[C@H](OC(=O)N2[C@@H]2C(=O)N(c3ccc(OC)cc3)[C@@H]2/C=C/c2ccccc2)[C@H]1OC. The Morgan fingerprint density at radius 2 is 1.74 bits per heavy atom. The van der Waals surface area contributed by atoms with E-state index in [0.29, 0.717) is 11.4 Å². The molecule has 3 fully saturated rings. The lowest BCUT2D eigenvalue weighted by atomic mass is 9.91. The topological polar surface area (TPSA) is 86.8 Å². The average molecular weight is 481 g/mol. The molecule has 9 heteroatoms. The van der Waals surface area contributed by atoms with Gasteiger partial charge in [-0.1, -0.05) is 42.5 Å². The minimum absolute atomic E-state index is 0.219. The van der Waals surface area contributed by atoms with E-state index in [1.54, 1.807) is 38.4 Å². The molecule has 5 rings (SSSR count). The molecule has 2 aromatic carbocycles. The fourth-order valence-electron chi connectivity index (χ4n) is 4.98. The van der Waals surface area contributed by atoms with E-state index in [9.17, 15) is 9.59 Å². The van der Waals surface area contributed by atoms with Crippen molar-refractivity contribution < 1.29 is 33.3 Å². The van der Waals surface area contributed by atoms with Crippen molar-refractivity contribution in [3.63, 3.8) is 0 Å². The maximum atomic E-state index is 13.5. The molecular formula is C26H28N2O7. The van der Waals surface area contributed by atoms with Gasteiger partial charge in [0.2, 0.25) is 0 Å². The lowest BCUT2D eigenvalue weighted by molar-refractivity contribution is -0.137. The fraction of sp³-hybridized carbons (Fsp3) is 0.385. The molecule has 3 aliphatic rings. The third-order valence-corrected chi connectivity index (χ3v) is 6.66. The zero-order chi connectivity index (χ0) is 24.5. The van der Waals surface area contributed by atoms with Gasteiger partial charge in [0, 0.05) is 19.9 Å². The van der Waals surface area contributed by atoms with Crippen LogP contribution < -0.4 is 9.64 Å². The summed E-state index contributed by atoms with van der Waals surface area (Å²) in [5.74, 6) is 0.470. The Bertz CT molecular complexity index is 1090. The molecule has 0 saturated carbocycles. The molecular weight excluding hydrogens is 452 g/mol. The lowest BCUT2D eigenvalue weighted by Gasteiger charge is -2.49. The number of anilines is 1. The van der Waals surface area contributed by atoms with E-state index < -0.39 is 42.7 Å². The summed E-state index contributed by atoms with van der Waals surface area (Å²) < 4.78 is 27.8. The standard InChI is InChI=1S/C26H28N2O7/c1-31-15-20-22(33-3)23-25(34-20)28(26(30)35-23)21-19(14-9-16-7-5-4-6-8-16)27(24(21)29)17-10-12-18(32-2)13-11-17/h4-14,19-23,25H,15H2,1-3H3/b14-9+/t19-,20-,21+,22+,23-,25+/m1/s1. The van der Waals surface area contributed by atoms with Gasteiger partial charge in [0.1, 0.15) is 24.0 Å². The van der Waals surface area contributed by atoms with Crippen LogP contribution in [0.4, 0.5) is 10.5 Å². The molecule has 0 radical (unpaired) electrons. The third kappa shape index (κ3) is 4.05. The first-order chi connectivity index (χ1) is 17.1. The smallest absolute Gasteiger partial charge is 0.413 e. The van der Waals surface area contributed by atoms with Crippen molar-refractivity contribution in [2.24, 2.45) is 0 Å². The van der Waals surface area contributed by atoms with Gasteiger partial charge in [-0.05, 0) is 29.8 Å². The number of β-lactam (4-membered cyclic amide) rings is 1. The summed E-state index contributed by atoms with van der Waals surface area (Å²) in [6, 6.07) is 15.8. The van der Waals surface area contributed by atoms with Gasteiger partial charge < -0.3 is 28.6 Å². The Morgan fingerprint density at radius 1 is 1.00 bits per heavy atom. The molecule has 0 aromatic heterocycles. The number of rotatable bonds is 8. The zero-order valence-corrected chi connectivity index (χ0v) is 19.8. The van der Waals surface area contributed by atoms with Crippen LogP contribution in [0.15, 0.2) is 60.7 Å². The van der Waals surface area contributed by atoms with Crippen molar-refractivity contribution in [1.29, 1.82) is 0 Å². The third-order valence-electron chi connectivity index (χ3n) is 6.66. The predicted octanol–water partition coefficient (Wildman–Crippen LogP) is 2.70. The molecule has 2 aromatic rings. The first-order valence-electron chi connectivity index (χ1n) is 11.4. The van der Waals surface area contributed by atoms with E-state index in [-0.39, 0.29) is 12.5 Å². The Morgan fingerprint density at radius 3 is 2.40 bits per heavy atom. The number of carbonyl (C=O) groups excluding carboxylic acids is 2. The van der Waals surface area contributed by atoms with Crippen LogP contribution in [0.2, 0.25) is 0 Å². The molecule has 0 aliphatic carbocycles. The highest BCUT2D eigenvalue weighted by atomic mass is 16.7. The summed E-state index contributed by atoms with van der Waals surface area (Å²) >= 11 is 0. The molecule has 35 heavy (non-hydrogen) atoms. The van der Waals surface area contributed by atoms with Crippen molar-refractivity contribution in [3.05, 3.63) is 66.2 Å². The molecule has 0 spiro atoms. The van der Waals surface area contributed by atoms with Gasteiger partial charge in [-0.25, -0.2) is 4.79 Å². The first-order valence-corrected chi connectivity index (χ1v) is 11.4. The maximum Gasteiger partial charge on any atom is 0.413 e. The van der Waals surface area contributed by atoms with Gasteiger partial charge in [0.25, 0.3) is 5.91 Å². The lowest BCUT2D eigenvalue weighted by Crippen LogP contribution is -2.72.